The first-order valence-corrected chi connectivity index (χ1v) is 11.0. The monoisotopic (exact) mass is 418 g/mol. The highest BCUT2D eigenvalue weighted by atomic mass is 32.1. The predicted octanol–water partition coefficient (Wildman–Crippen LogP) is 4.33. The van der Waals surface area contributed by atoms with Crippen molar-refractivity contribution in [3.63, 3.8) is 0 Å². The number of para-hydroxylation sites is 1. The van der Waals surface area contributed by atoms with Gasteiger partial charge in [-0.2, -0.15) is 0 Å². The van der Waals surface area contributed by atoms with Crippen molar-refractivity contribution >= 4 is 17.3 Å². The quantitative estimate of drug-likeness (QED) is 0.625. The Morgan fingerprint density at radius 3 is 2.77 bits per heavy atom. The first kappa shape index (κ1) is 19.3. The highest BCUT2D eigenvalue weighted by Gasteiger charge is 2.42. The first-order valence-electron chi connectivity index (χ1n) is 10.6. The third-order valence-corrected chi connectivity index (χ3v) is 6.43. The van der Waals surface area contributed by atoms with Gasteiger partial charge in [-0.3, -0.25) is 4.98 Å². The van der Waals surface area contributed by atoms with E-state index in [9.17, 15) is 0 Å². The number of benzene rings is 1. The van der Waals surface area contributed by atoms with Crippen LogP contribution in [-0.4, -0.2) is 38.8 Å². The topological polar surface area (TPSA) is 42.3 Å². The van der Waals surface area contributed by atoms with Gasteiger partial charge in [0.25, 0.3) is 0 Å². The molecule has 1 aromatic carbocycles. The molecule has 0 unspecified atom stereocenters. The molecule has 2 fully saturated rings. The molecular formula is C24H26N4OS. The predicted molar refractivity (Wildman–Crippen MR) is 122 cm³/mol. The Balaban J connectivity index is 1.58. The average Bonchev–Trinajstić information content (AvgIpc) is 3.51. The summed E-state index contributed by atoms with van der Waals surface area (Å²) in [7, 11) is 0. The third kappa shape index (κ3) is 3.50. The molecule has 4 heterocycles. The smallest absolute Gasteiger partial charge is 0.170 e. The minimum Gasteiger partial charge on any atom is -0.376 e. The number of nitrogens with zero attached hydrogens (tertiary/aromatic N) is 3. The van der Waals surface area contributed by atoms with Gasteiger partial charge in [-0.05, 0) is 67.9 Å². The highest BCUT2D eigenvalue weighted by molar-refractivity contribution is 7.80. The maximum absolute atomic E-state index is 5.95. The minimum absolute atomic E-state index is 0.0160. The van der Waals surface area contributed by atoms with Crippen molar-refractivity contribution in [2.75, 3.05) is 13.2 Å². The van der Waals surface area contributed by atoms with Crippen LogP contribution < -0.4 is 5.32 Å². The van der Waals surface area contributed by atoms with Crippen molar-refractivity contribution < 1.29 is 4.74 Å². The van der Waals surface area contributed by atoms with E-state index in [4.69, 9.17) is 17.0 Å². The van der Waals surface area contributed by atoms with Crippen LogP contribution >= 0.6 is 12.2 Å². The molecule has 30 heavy (non-hydrogen) atoms. The fourth-order valence-electron chi connectivity index (χ4n) is 4.62. The van der Waals surface area contributed by atoms with Crippen molar-refractivity contribution in [3.8, 4) is 5.69 Å². The van der Waals surface area contributed by atoms with Gasteiger partial charge in [-0.1, -0.05) is 24.3 Å². The Morgan fingerprint density at radius 1 is 1.13 bits per heavy atom. The molecule has 2 aromatic heterocycles. The standard InChI is InChI=1S/C24H26N4OS/c1-17-8-2-3-11-20(17)27-14-6-12-21(27)23-22(19-10-4-5-13-25-19)26-24(30)28(23)16-18-9-7-15-29-18/h2-6,8,10-14,18,22-23H,7,9,15-16H2,1H3,(H,26,30)/t18-,22+,23-/m1/s1. The molecule has 1 N–H and O–H groups in total. The average molecular weight is 419 g/mol. The van der Waals surface area contributed by atoms with E-state index in [1.54, 1.807) is 0 Å². The Bertz CT molecular complexity index is 1030. The van der Waals surface area contributed by atoms with Gasteiger partial charge in [0, 0.05) is 36.9 Å². The van der Waals surface area contributed by atoms with Gasteiger partial charge in [0.05, 0.1) is 23.9 Å². The number of hydrogen-bond acceptors (Lipinski definition) is 3. The molecule has 3 aromatic rings. The number of nitrogens with one attached hydrogen (secondary N) is 1. The SMILES string of the molecule is Cc1ccccc1-n1cccc1[C@@H]1[C@H](c2ccccn2)NC(=S)N1C[C@H]1CCCO1. The van der Waals surface area contributed by atoms with Crippen LogP contribution in [0, 0.1) is 6.92 Å². The van der Waals surface area contributed by atoms with E-state index in [1.807, 2.05) is 18.3 Å². The number of pyridine rings is 1. The Kier molecular flexibility index (Phi) is 5.27. The lowest BCUT2D eigenvalue weighted by Gasteiger charge is -2.30. The normalized spacial score (nSPS) is 23.7. The van der Waals surface area contributed by atoms with Gasteiger partial charge in [-0.15, -0.1) is 0 Å². The highest BCUT2D eigenvalue weighted by Crippen LogP contribution is 2.40. The van der Waals surface area contributed by atoms with Gasteiger partial charge in [0.1, 0.15) is 0 Å². The summed E-state index contributed by atoms with van der Waals surface area (Å²) in [5.74, 6) is 0. The summed E-state index contributed by atoms with van der Waals surface area (Å²) in [5.41, 5.74) is 4.62. The second-order valence-electron chi connectivity index (χ2n) is 8.00. The molecule has 6 heteroatoms. The number of hydrogen-bond donors (Lipinski definition) is 1. The molecule has 5 rings (SSSR count). The molecule has 2 aliphatic heterocycles. The number of rotatable bonds is 5. The Labute approximate surface area is 182 Å². The van der Waals surface area contributed by atoms with Crippen molar-refractivity contribution in [2.45, 2.75) is 38.0 Å². The van der Waals surface area contributed by atoms with Crippen molar-refractivity contribution in [1.29, 1.82) is 0 Å². The molecule has 2 aliphatic rings. The molecule has 3 atom stereocenters. The molecule has 0 saturated carbocycles. The summed E-state index contributed by atoms with van der Waals surface area (Å²) < 4.78 is 8.24. The zero-order valence-corrected chi connectivity index (χ0v) is 17.9. The van der Waals surface area contributed by atoms with E-state index in [0.29, 0.717) is 0 Å². The fourth-order valence-corrected chi connectivity index (χ4v) is 4.93. The maximum atomic E-state index is 5.95. The summed E-state index contributed by atoms with van der Waals surface area (Å²) in [4.78, 5) is 6.95. The zero-order valence-electron chi connectivity index (χ0n) is 17.1. The number of aryl methyl sites for hydroxylation is 1. The van der Waals surface area contributed by atoms with E-state index in [-0.39, 0.29) is 18.2 Å². The number of aromatic nitrogens is 2. The molecule has 0 amide bonds. The zero-order chi connectivity index (χ0) is 20.5. The first-order chi connectivity index (χ1) is 14.7. The number of thiocarbonyl (C=S) groups is 1. The molecule has 0 aliphatic carbocycles. The lowest BCUT2D eigenvalue weighted by atomic mass is 10.0. The van der Waals surface area contributed by atoms with Crippen LogP contribution in [0.15, 0.2) is 67.0 Å². The fraction of sp³-hybridized carbons (Fsp3) is 0.333. The third-order valence-electron chi connectivity index (χ3n) is 6.08. The van der Waals surface area contributed by atoms with Gasteiger partial charge >= 0.3 is 0 Å². The Hall–Kier alpha value is -2.70. The molecule has 0 spiro atoms. The lowest BCUT2D eigenvalue weighted by Crippen LogP contribution is -2.36. The van der Waals surface area contributed by atoms with Crippen molar-refractivity contribution in [3.05, 3.63) is 83.9 Å². The molecule has 2 saturated heterocycles. The summed E-state index contributed by atoms with van der Waals surface area (Å²) >= 11 is 5.81. The largest absolute Gasteiger partial charge is 0.376 e. The second-order valence-corrected chi connectivity index (χ2v) is 8.39. The van der Waals surface area contributed by atoms with E-state index in [0.717, 1.165) is 36.8 Å². The van der Waals surface area contributed by atoms with Gasteiger partial charge in [0.2, 0.25) is 0 Å². The van der Waals surface area contributed by atoms with Crippen molar-refractivity contribution in [2.24, 2.45) is 0 Å². The summed E-state index contributed by atoms with van der Waals surface area (Å²) in [6.07, 6.45) is 6.40. The summed E-state index contributed by atoms with van der Waals surface area (Å²) in [6, 6.07) is 18.9. The van der Waals surface area contributed by atoms with Crippen LogP contribution in [0.3, 0.4) is 0 Å². The lowest BCUT2D eigenvalue weighted by molar-refractivity contribution is 0.0836. The van der Waals surface area contributed by atoms with E-state index in [2.05, 4.69) is 75.4 Å². The summed E-state index contributed by atoms with van der Waals surface area (Å²) in [5, 5.41) is 4.32. The van der Waals surface area contributed by atoms with E-state index < -0.39 is 0 Å². The summed E-state index contributed by atoms with van der Waals surface area (Å²) in [6.45, 7) is 3.78. The molecule has 5 nitrogen and oxygen atoms in total. The second kappa shape index (κ2) is 8.20. The van der Waals surface area contributed by atoms with E-state index in [1.165, 1.54) is 16.9 Å². The number of ether oxygens (including phenoxy) is 1. The van der Waals surface area contributed by atoms with Crippen LogP contribution in [0.4, 0.5) is 0 Å². The van der Waals surface area contributed by atoms with Crippen LogP contribution in [0.2, 0.25) is 0 Å². The molecular weight excluding hydrogens is 392 g/mol. The van der Waals surface area contributed by atoms with Gasteiger partial charge in [-0.25, -0.2) is 0 Å². The van der Waals surface area contributed by atoms with Gasteiger partial charge in [0.15, 0.2) is 5.11 Å². The maximum Gasteiger partial charge on any atom is 0.170 e. The Morgan fingerprint density at radius 2 is 2.00 bits per heavy atom. The van der Waals surface area contributed by atoms with Crippen LogP contribution in [-0.2, 0) is 4.74 Å². The molecule has 0 bridgehead atoms. The van der Waals surface area contributed by atoms with Crippen LogP contribution in [0.25, 0.3) is 5.69 Å². The van der Waals surface area contributed by atoms with Crippen LogP contribution in [0.1, 0.15) is 41.9 Å². The van der Waals surface area contributed by atoms with Crippen molar-refractivity contribution in [1.82, 2.24) is 19.8 Å². The minimum atomic E-state index is -0.0160. The molecule has 0 radical (unpaired) electrons. The molecule has 154 valence electrons. The van der Waals surface area contributed by atoms with E-state index >= 15 is 0 Å². The van der Waals surface area contributed by atoms with Gasteiger partial charge < -0.3 is 19.5 Å². The van der Waals surface area contributed by atoms with Crippen LogP contribution in [0.5, 0.6) is 0 Å².